The molecule has 1 nitrogen and oxygen atoms in total. The molecule has 0 aromatic heterocycles. The minimum Gasteiger partial charge on any atom is -0.390 e. The van der Waals surface area contributed by atoms with Crippen molar-refractivity contribution in [3.8, 4) is 0 Å². The second-order valence-electron chi connectivity index (χ2n) is 8.61. The van der Waals surface area contributed by atoms with Gasteiger partial charge < -0.3 is 5.11 Å². The zero-order chi connectivity index (χ0) is 14.0. The molecule has 0 spiro atoms. The molecule has 20 heavy (non-hydrogen) atoms. The van der Waals surface area contributed by atoms with Crippen LogP contribution in [0.4, 0.5) is 0 Å². The van der Waals surface area contributed by atoms with Crippen LogP contribution in [0.25, 0.3) is 0 Å². The van der Waals surface area contributed by atoms with Crippen molar-refractivity contribution in [3.05, 3.63) is 12.2 Å². The van der Waals surface area contributed by atoms with Crippen LogP contribution in [0.5, 0.6) is 0 Å². The largest absolute Gasteiger partial charge is 0.390 e. The predicted molar refractivity (Wildman–Crippen MR) is 82.3 cm³/mol. The van der Waals surface area contributed by atoms with E-state index in [2.05, 4.69) is 26.0 Å². The monoisotopic (exact) mass is 274 g/mol. The van der Waals surface area contributed by atoms with Crippen molar-refractivity contribution in [1.82, 2.24) is 0 Å². The fourth-order valence-corrected chi connectivity index (χ4v) is 6.65. The lowest BCUT2D eigenvalue weighted by molar-refractivity contribution is -0.116. The summed E-state index contributed by atoms with van der Waals surface area (Å²) in [5.41, 5.74) is -0.211. The Morgan fingerprint density at radius 2 is 1.75 bits per heavy atom. The third-order valence-corrected chi connectivity index (χ3v) is 8.04. The van der Waals surface area contributed by atoms with Gasteiger partial charge in [-0.3, -0.25) is 0 Å². The lowest BCUT2D eigenvalue weighted by Crippen LogP contribution is -2.52. The highest BCUT2D eigenvalue weighted by Gasteiger charge is 2.60. The lowest BCUT2D eigenvalue weighted by atomic mass is 9.50. The Labute approximate surface area is 123 Å². The van der Waals surface area contributed by atoms with Crippen LogP contribution in [-0.4, -0.2) is 10.7 Å². The maximum absolute atomic E-state index is 10.9. The zero-order valence-corrected chi connectivity index (χ0v) is 13.1. The summed E-state index contributed by atoms with van der Waals surface area (Å²) < 4.78 is 0. The average molecular weight is 274 g/mol. The molecule has 3 fully saturated rings. The summed E-state index contributed by atoms with van der Waals surface area (Å²) in [6.45, 7) is 4.51. The second-order valence-corrected chi connectivity index (χ2v) is 8.61. The summed E-state index contributed by atoms with van der Waals surface area (Å²) in [7, 11) is 0. The van der Waals surface area contributed by atoms with Gasteiger partial charge in [0, 0.05) is 0 Å². The highest BCUT2D eigenvalue weighted by molar-refractivity contribution is 5.12. The standard InChI is InChI=1S/C19H30O/c1-18-11-9-15-14-6-4-3-5-13(14)7-8-16(15)17(18)10-12-19(18,2)20/h3,5,13-17,20H,4,6-12H2,1-2H3/t13-,14+,15-,16-,17+,18+,19+/m1/s1. The quantitative estimate of drug-likeness (QED) is 0.642. The van der Waals surface area contributed by atoms with Crippen molar-refractivity contribution in [2.75, 3.05) is 0 Å². The van der Waals surface area contributed by atoms with Gasteiger partial charge in [0.1, 0.15) is 0 Å². The summed E-state index contributed by atoms with van der Waals surface area (Å²) in [5, 5.41) is 10.9. The average Bonchev–Trinajstić information content (AvgIpc) is 2.69. The zero-order valence-electron chi connectivity index (χ0n) is 13.1. The highest BCUT2D eigenvalue weighted by Crippen LogP contribution is 2.64. The molecule has 1 heteroatoms. The van der Waals surface area contributed by atoms with Crippen LogP contribution in [0.15, 0.2) is 12.2 Å². The molecule has 4 rings (SSSR count). The molecular formula is C19H30O. The molecule has 0 saturated heterocycles. The molecule has 0 heterocycles. The number of hydrogen-bond donors (Lipinski definition) is 1. The van der Waals surface area contributed by atoms with Crippen LogP contribution in [0.2, 0.25) is 0 Å². The Hall–Kier alpha value is -0.300. The van der Waals surface area contributed by atoms with E-state index >= 15 is 0 Å². The van der Waals surface area contributed by atoms with Gasteiger partial charge in [0.05, 0.1) is 5.60 Å². The number of allylic oxidation sites excluding steroid dienone is 2. The van der Waals surface area contributed by atoms with Crippen LogP contribution in [0.3, 0.4) is 0 Å². The molecule has 4 aliphatic carbocycles. The fourth-order valence-electron chi connectivity index (χ4n) is 6.65. The second kappa shape index (κ2) is 4.35. The third-order valence-electron chi connectivity index (χ3n) is 8.04. The van der Waals surface area contributed by atoms with Gasteiger partial charge in [-0.25, -0.2) is 0 Å². The molecule has 3 saturated carbocycles. The van der Waals surface area contributed by atoms with Gasteiger partial charge in [0.2, 0.25) is 0 Å². The van der Waals surface area contributed by atoms with Crippen molar-refractivity contribution in [3.63, 3.8) is 0 Å². The molecule has 1 N–H and O–H groups in total. The van der Waals surface area contributed by atoms with Crippen molar-refractivity contribution >= 4 is 0 Å². The minimum absolute atomic E-state index is 0.200. The number of aliphatic hydroxyl groups is 1. The van der Waals surface area contributed by atoms with Crippen molar-refractivity contribution < 1.29 is 5.11 Å². The topological polar surface area (TPSA) is 20.2 Å². The predicted octanol–water partition coefficient (Wildman–Crippen LogP) is 4.56. The molecule has 0 radical (unpaired) electrons. The maximum atomic E-state index is 10.9. The lowest BCUT2D eigenvalue weighted by Gasteiger charge is -2.56. The first kappa shape index (κ1) is 13.4. The Kier molecular flexibility index (Phi) is 2.91. The van der Waals surface area contributed by atoms with Crippen LogP contribution in [-0.2, 0) is 0 Å². The Balaban J connectivity index is 1.63. The molecule has 0 aliphatic heterocycles. The fraction of sp³-hybridized carbons (Fsp3) is 0.895. The Bertz CT molecular complexity index is 423. The van der Waals surface area contributed by atoms with E-state index in [0.717, 1.165) is 36.0 Å². The van der Waals surface area contributed by atoms with Gasteiger partial charge in [0.15, 0.2) is 0 Å². The summed E-state index contributed by atoms with van der Waals surface area (Å²) >= 11 is 0. The summed E-state index contributed by atoms with van der Waals surface area (Å²) in [6, 6.07) is 0. The van der Waals surface area contributed by atoms with E-state index in [4.69, 9.17) is 0 Å². The first-order valence-corrected chi connectivity index (χ1v) is 8.92. The molecule has 4 aliphatic rings. The van der Waals surface area contributed by atoms with Crippen LogP contribution >= 0.6 is 0 Å². The van der Waals surface area contributed by atoms with E-state index in [1.807, 2.05) is 0 Å². The van der Waals surface area contributed by atoms with Gasteiger partial charge in [-0.2, -0.15) is 0 Å². The molecule has 0 aromatic carbocycles. The molecule has 112 valence electrons. The smallest absolute Gasteiger partial charge is 0.0675 e. The summed E-state index contributed by atoms with van der Waals surface area (Å²) in [4.78, 5) is 0. The molecule has 0 bridgehead atoms. The molecule has 0 unspecified atom stereocenters. The van der Waals surface area contributed by atoms with Crippen molar-refractivity contribution in [2.24, 2.45) is 35.0 Å². The van der Waals surface area contributed by atoms with Crippen LogP contribution in [0.1, 0.15) is 65.2 Å². The van der Waals surface area contributed by atoms with Crippen molar-refractivity contribution in [2.45, 2.75) is 70.8 Å². The molecule has 7 atom stereocenters. The van der Waals surface area contributed by atoms with E-state index in [-0.39, 0.29) is 5.41 Å². The SMILES string of the molecule is C[C@]1(O)CC[C@H]2[C@@H]3CC[C@H]4C=CCC[C@@H]4[C@H]3CC[C@@]21C. The number of fused-ring (bicyclic) bond motifs is 5. The van der Waals surface area contributed by atoms with E-state index in [9.17, 15) is 5.11 Å². The van der Waals surface area contributed by atoms with Gasteiger partial charge in [0.25, 0.3) is 0 Å². The third kappa shape index (κ3) is 1.65. The van der Waals surface area contributed by atoms with Gasteiger partial charge in [-0.1, -0.05) is 19.1 Å². The van der Waals surface area contributed by atoms with Crippen molar-refractivity contribution in [1.29, 1.82) is 0 Å². The van der Waals surface area contributed by atoms with Gasteiger partial charge in [-0.05, 0) is 93.3 Å². The first-order chi connectivity index (χ1) is 9.53. The first-order valence-electron chi connectivity index (χ1n) is 8.92. The van der Waals surface area contributed by atoms with Crippen LogP contribution < -0.4 is 0 Å². The van der Waals surface area contributed by atoms with Gasteiger partial charge in [-0.15, -0.1) is 0 Å². The van der Waals surface area contributed by atoms with E-state index < -0.39 is 5.60 Å². The summed E-state index contributed by atoms with van der Waals surface area (Å²) in [6.07, 6.45) is 15.5. The van der Waals surface area contributed by atoms with Crippen LogP contribution in [0, 0.1) is 35.0 Å². The van der Waals surface area contributed by atoms with E-state index in [0.29, 0.717) is 0 Å². The highest BCUT2D eigenvalue weighted by atomic mass is 16.3. The molecule has 0 aromatic rings. The van der Waals surface area contributed by atoms with E-state index in [1.165, 1.54) is 44.9 Å². The van der Waals surface area contributed by atoms with E-state index in [1.54, 1.807) is 0 Å². The number of hydrogen-bond acceptors (Lipinski definition) is 1. The normalized spacial score (nSPS) is 57.9. The summed E-state index contributed by atoms with van der Waals surface area (Å²) in [5.74, 6) is 4.52. The Morgan fingerprint density at radius 1 is 0.900 bits per heavy atom. The Morgan fingerprint density at radius 3 is 2.60 bits per heavy atom. The molecular weight excluding hydrogens is 244 g/mol. The number of rotatable bonds is 0. The maximum Gasteiger partial charge on any atom is 0.0675 e. The molecule has 0 amide bonds. The minimum atomic E-state index is -0.411. The van der Waals surface area contributed by atoms with Gasteiger partial charge >= 0.3 is 0 Å².